The van der Waals surface area contributed by atoms with Crippen LogP contribution in [0.4, 0.5) is 0 Å². The van der Waals surface area contributed by atoms with Gasteiger partial charge in [-0.05, 0) is 44.8 Å². The molecule has 0 amide bonds. The van der Waals surface area contributed by atoms with Gasteiger partial charge in [0.2, 0.25) is 0 Å². The summed E-state index contributed by atoms with van der Waals surface area (Å²) >= 11 is 2.05. The van der Waals surface area contributed by atoms with Crippen molar-refractivity contribution >= 4 is 11.8 Å². The fraction of sp³-hybridized carbons (Fsp3) is 0.706. The summed E-state index contributed by atoms with van der Waals surface area (Å²) in [5, 5.41) is 2.11. The zero-order valence-electron chi connectivity index (χ0n) is 12.6. The maximum Gasteiger partial charge on any atom is 0.101 e. The highest BCUT2D eigenvalue weighted by Gasteiger charge is 2.28. The predicted molar refractivity (Wildman–Crippen MR) is 86.2 cm³/mol. The summed E-state index contributed by atoms with van der Waals surface area (Å²) in [6.45, 7) is 4.69. The van der Waals surface area contributed by atoms with Crippen LogP contribution in [-0.2, 0) is 0 Å². The molecule has 2 nitrogen and oxygen atoms in total. The molecule has 110 valence electrons. The molecule has 1 aromatic rings. The first-order valence-corrected chi connectivity index (χ1v) is 9.12. The average molecular weight is 290 g/mol. The van der Waals surface area contributed by atoms with Crippen LogP contribution in [0.2, 0.25) is 0 Å². The number of pyridine rings is 1. The molecule has 1 aliphatic carbocycles. The van der Waals surface area contributed by atoms with Crippen LogP contribution in [0.5, 0.6) is 0 Å². The van der Waals surface area contributed by atoms with Crippen molar-refractivity contribution in [2.75, 3.05) is 13.1 Å². The molecule has 2 heterocycles. The lowest BCUT2D eigenvalue weighted by Gasteiger charge is -2.26. The Kier molecular flexibility index (Phi) is 5.00. The van der Waals surface area contributed by atoms with Crippen molar-refractivity contribution in [3.8, 4) is 0 Å². The molecular formula is C17H26N2S. The van der Waals surface area contributed by atoms with Gasteiger partial charge in [0.25, 0.3) is 0 Å². The van der Waals surface area contributed by atoms with E-state index < -0.39 is 0 Å². The van der Waals surface area contributed by atoms with Crippen molar-refractivity contribution in [1.82, 2.24) is 9.88 Å². The first-order valence-electron chi connectivity index (χ1n) is 8.24. The first-order chi connectivity index (χ1) is 9.88. The predicted octanol–water partition coefficient (Wildman–Crippen LogP) is 4.66. The Morgan fingerprint density at radius 2 is 2.05 bits per heavy atom. The minimum atomic E-state index is 0.611. The third kappa shape index (κ3) is 3.20. The molecule has 0 N–H and O–H groups in total. The molecule has 0 bridgehead atoms. The van der Waals surface area contributed by atoms with Crippen LogP contribution in [0.25, 0.3) is 0 Å². The highest BCUT2D eigenvalue weighted by atomic mass is 32.2. The van der Waals surface area contributed by atoms with Crippen molar-refractivity contribution in [2.45, 2.75) is 68.2 Å². The van der Waals surface area contributed by atoms with Gasteiger partial charge in [-0.25, -0.2) is 4.98 Å². The fourth-order valence-electron chi connectivity index (χ4n) is 3.65. The van der Waals surface area contributed by atoms with Crippen LogP contribution in [0.1, 0.15) is 63.5 Å². The Hall–Kier alpha value is -0.540. The van der Waals surface area contributed by atoms with Crippen LogP contribution in [0.3, 0.4) is 0 Å². The molecule has 2 aliphatic rings. The van der Waals surface area contributed by atoms with Gasteiger partial charge in [0.15, 0.2) is 0 Å². The summed E-state index contributed by atoms with van der Waals surface area (Å²) < 4.78 is 0. The summed E-state index contributed by atoms with van der Waals surface area (Å²) in [4.78, 5) is 7.34. The number of thioether (sulfide) groups is 1. The van der Waals surface area contributed by atoms with Crippen LogP contribution in [-0.4, -0.2) is 28.2 Å². The van der Waals surface area contributed by atoms with E-state index in [0.29, 0.717) is 6.04 Å². The summed E-state index contributed by atoms with van der Waals surface area (Å²) in [6, 6.07) is 5.04. The second kappa shape index (κ2) is 6.95. The molecule has 20 heavy (non-hydrogen) atoms. The van der Waals surface area contributed by atoms with Crippen LogP contribution in [0, 0.1) is 0 Å². The van der Waals surface area contributed by atoms with Gasteiger partial charge in [-0.15, -0.1) is 11.8 Å². The molecular weight excluding hydrogens is 264 g/mol. The Labute approximate surface area is 127 Å². The van der Waals surface area contributed by atoms with Crippen molar-refractivity contribution in [3.05, 3.63) is 23.9 Å². The summed E-state index contributed by atoms with van der Waals surface area (Å²) in [6.07, 6.45) is 11.6. The molecule has 1 saturated carbocycles. The number of rotatable bonds is 4. The SMILES string of the molecule is CCN1CCCC1c1cccnc1SC1CCCCC1. The highest BCUT2D eigenvalue weighted by molar-refractivity contribution is 7.99. The minimum Gasteiger partial charge on any atom is -0.297 e. The minimum absolute atomic E-state index is 0.611. The Morgan fingerprint density at radius 3 is 2.85 bits per heavy atom. The highest BCUT2D eigenvalue weighted by Crippen LogP contribution is 2.39. The topological polar surface area (TPSA) is 16.1 Å². The van der Waals surface area contributed by atoms with Gasteiger partial charge >= 0.3 is 0 Å². The van der Waals surface area contributed by atoms with E-state index in [9.17, 15) is 0 Å². The maximum atomic E-state index is 4.72. The molecule has 3 rings (SSSR count). The van der Waals surface area contributed by atoms with Crippen LogP contribution in [0.15, 0.2) is 23.4 Å². The normalized spacial score (nSPS) is 25.1. The maximum absolute atomic E-state index is 4.72. The number of hydrogen-bond acceptors (Lipinski definition) is 3. The van der Waals surface area contributed by atoms with E-state index in [1.165, 1.54) is 62.1 Å². The molecule has 0 spiro atoms. The standard InChI is InChI=1S/C17H26N2S/c1-2-19-13-7-11-16(19)15-10-6-12-18-17(15)20-14-8-4-3-5-9-14/h6,10,12,14,16H,2-5,7-9,11,13H2,1H3. The summed E-state index contributed by atoms with van der Waals surface area (Å²) in [5.74, 6) is 0. The van der Waals surface area contributed by atoms with E-state index in [1.807, 2.05) is 6.20 Å². The van der Waals surface area contributed by atoms with Crippen molar-refractivity contribution < 1.29 is 0 Å². The lowest BCUT2D eigenvalue weighted by Crippen LogP contribution is -2.23. The van der Waals surface area contributed by atoms with Gasteiger partial charge in [0, 0.05) is 23.1 Å². The van der Waals surface area contributed by atoms with E-state index in [2.05, 4.69) is 35.7 Å². The number of likely N-dealkylation sites (tertiary alicyclic amines) is 1. The van der Waals surface area contributed by atoms with E-state index in [-0.39, 0.29) is 0 Å². The monoisotopic (exact) mass is 290 g/mol. The molecule has 1 aromatic heterocycles. The smallest absolute Gasteiger partial charge is 0.101 e. The largest absolute Gasteiger partial charge is 0.297 e. The number of hydrogen-bond donors (Lipinski definition) is 0. The molecule has 0 aromatic carbocycles. The van der Waals surface area contributed by atoms with Crippen molar-refractivity contribution in [2.24, 2.45) is 0 Å². The quantitative estimate of drug-likeness (QED) is 0.802. The molecule has 2 fully saturated rings. The van der Waals surface area contributed by atoms with E-state index >= 15 is 0 Å². The molecule has 1 aliphatic heterocycles. The van der Waals surface area contributed by atoms with Crippen LogP contribution < -0.4 is 0 Å². The third-order valence-corrected chi connectivity index (χ3v) is 6.13. The Balaban J connectivity index is 1.77. The molecule has 1 saturated heterocycles. The van der Waals surface area contributed by atoms with Gasteiger partial charge in [0.05, 0.1) is 0 Å². The zero-order valence-corrected chi connectivity index (χ0v) is 13.4. The van der Waals surface area contributed by atoms with Gasteiger partial charge < -0.3 is 0 Å². The average Bonchev–Trinajstić information content (AvgIpc) is 2.97. The first kappa shape index (κ1) is 14.4. The van der Waals surface area contributed by atoms with Crippen molar-refractivity contribution in [3.63, 3.8) is 0 Å². The fourth-order valence-corrected chi connectivity index (χ4v) is 5.00. The molecule has 1 unspecified atom stereocenters. The molecule has 3 heteroatoms. The molecule has 1 atom stereocenters. The lowest BCUT2D eigenvalue weighted by atomic mass is 10.0. The van der Waals surface area contributed by atoms with Gasteiger partial charge in [-0.1, -0.05) is 32.3 Å². The third-order valence-electron chi connectivity index (χ3n) is 4.76. The number of nitrogens with zero attached hydrogens (tertiary/aromatic N) is 2. The van der Waals surface area contributed by atoms with Gasteiger partial charge in [-0.2, -0.15) is 0 Å². The van der Waals surface area contributed by atoms with Gasteiger partial charge in [0.1, 0.15) is 5.03 Å². The Morgan fingerprint density at radius 1 is 1.20 bits per heavy atom. The lowest BCUT2D eigenvalue weighted by molar-refractivity contribution is 0.268. The zero-order chi connectivity index (χ0) is 13.8. The van der Waals surface area contributed by atoms with E-state index in [1.54, 1.807) is 0 Å². The number of aromatic nitrogens is 1. The van der Waals surface area contributed by atoms with Crippen LogP contribution >= 0.6 is 11.8 Å². The second-order valence-corrected chi connectivity index (χ2v) is 7.35. The second-order valence-electron chi connectivity index (χ2n) is 6.06. The van der Waals surface area contributed by atoms with Gasteiger partial charge in [-0.3, -0.25) is 4.90 Å². The molecule has 0 radical (unpaired) electrons. The van der Waals surface area contributed by atoms with Crippen molar-refractivity contribution in [1.29, 1.82) is 0 Å². The van der Waals surface area contributed by atoms with E-state index in [4.69, 9.17) is 4.98 Å². The van der Waals surface area contributed by atoms with E-state index in [0.717, 1.165) is 11.8 Å². The Bertz CT molecular complexity index is 429. The summed E-state index contributed by atoms with van der Waals surface area (Å²) in [5.41, 5.74) is 1.49. The summed E-state index contributed by atoms with van der Waals surface area (Å²) in [7, 11) is 0.